The molecule has 1 aromatic heterocycles. The van der Waals surface area contributed by atoms with Gasteiger partial charge in [-0.25, -0.2) is 0 Å². The first-order chi connectivity index (χ1) is 11.2. The lowest BCUT2D eigenvalue weighted by Crippen LogP contribution is -2.21. The first kappa shape index (κ1) is 17.7. The Morgan fingerprint density at radius 3 is 2.42 bits per heavy atom. The molecule has 1 aromatic carbocycles. The Bertz CT molecular complexity index is 728. The largest absolute Gasteiger partial charge is 0.484 e. The van der Waals surface area contributed by atoms with Crippen LogP contribution < -0.4 is 10.1 Å². The molecule has 0 unspecified atom stereocenters. The van der Waals surface area contributed by atoms with E-state index in [1.807, 2.05) is 0 Å². The number of nitrogens with one attached hydrogen (secondary N) is 1. The molecule has 128 valence electrons. The second-order valence-corrected chi connectivity index (χ2v) is 5.69. The molecule has 1 heterocycles. The van der Waals surface area contributed by atoms with E-state index in [4.69, 9.17) is 0 Å². The van der Waals surface area contributed by atoms with Crippen molar-refractivity contribution in [1.82, 2.24) is 5.32 Å². The molecule has 10 heteroatoms. The highest BCUT2D eigenvalue weighted by Gasteiger charge is 2.28. The van der Waals surface area contributed by atoms with Gasteiger partial charge in [-0.3, -0.25) is 14.9 Å². The number of rotatable bonds is 6. The molecule has 0 bridgehead atoms. The van der Waals surface area contributed by atoms with Gasteiger partial charge in [-0.05, 0) is 23.8 Å². The topological polar surface area (TPSA) is 81.5 Å². The fourth-order valence-corrected chi connectivity index (χ4v) is 2.42. The Kier molecular flexibility index (Phi) is 5.39. The fraction of sp³-hybridized carbons (Fsp3) is 0.214. The maximum absolute atomic E-state index is 12.0. The zero-order chi connectivity index (χ0) is 17.7. The number of nitrogens with zero attached hydrogens (tertiary/aromatic N) is 1. The highest BCUT2D eigenvalue weighted by Crippen LogP contribution is 2.24. The lowest BCUT2D eigenvalue weighted by atomic mass is 10.2. The van der Waals surface area contributed by atoms with Crippen LogP contribution in [0.5, 0.6) is 5.75 Å². The monoisotopic (exact) mass is 360 g/mol. The second-order valence-electron chi connectivity index (χ2n) is 4.63. The average Bonchev–Trinajstić information content (AvgIpc) is 3.01. The number of alkyl halides is 3. The van der Waals surface area contributed by atoms with Crippen LogP contribution in [-0.4, -0.2) is 23.6 Å². The zero-order valence-electron chi connectivity index (χ0n) is 12.0. The first-order valence-electron chi connectivity index (χ1n) is 6.55. The smallest absolute Gasteiger partial charge is 0.422 e. The van der Waals surface area contributed by atoms with Crippen LogP contribution in [0, 0.1) is 10.1 Å². The molecule has 24 heavy (non-hydrogen) atoms. The summed E-state index contributed by atoms with van der Waals surface area (Å²) in [4.78, 5) is 22.0. The van der Waals surface area contributed by atoms with Gasteiger partial charge in [0.05, 0.1) is 9.80 Å². The molecule has 2 aromatic rings. The minimum absolute atomic E-state index is 0.0660. The van der Waals surface area contributed by atoms with Crippen LogP contribution in [-0.2, 0) is 6.54 Å². The number of nitro groups is 1. The predicted molar refractivity (Wildman–Crippen MR) is 80.1 cm³/mol. The van der Waals surface area contributed by atoms with Gasteiger partial charge < -0.3 is 10.1 Å². The van der Waals surface area contributed by atoms with E-state index in [2.05, 4.69) is 10.1 Å². The summed E-state index contributed by atoms with van der Waals surface area (Å²) in [6, 6.07) is 8.36. The van der Waals surface area contributed by atoms with Crippen molar-refractivity contribution in [3.05, 3.63) is 57.0 Å². The van der Waals surface area contributed by atoms with E-state index in [-0.39, 0.29) is 22.2 Å². The van der Waals surface area contributed by atoms with Crippen molar-refractivity contribution >= 4 is 22.2 Å². The molecule has 0 radical (unpaired) electrons. The van der Waals surface area contributed by atoms with Crippen LogP contribution in [0.25, 0.3) is 0 Å². The summed E-state index contributed by atoms with van der Waals surface area (Å²) in [6.45, 7) is -1.25. The first-order valence-corrected chi connectivity index (χ1v) is 7.37. The van der Waals surface area contributed by atoms with Crippen LogP contribution in [0.1, 0.15) is 15.2 Å². The molecule has 1 N–H and O–H groups in total. The Labute approximate surface area is 138 Å². The summed E-state index contributed by atoms with van der Waals surface area (Å²) in [5, 5.41) is 13.0. The van der Waals surface area contributed by atoms with E-state index >= 15 is 0 Å². The molecule has 0 atom stereocenters. The maximum Gasteiger partial charge on any atom is 0.422 e. The number of hydrogen-bond acceptors (Lipinski definition) is 5. The fourth-order valence-electron chi connectivity index (χ4n) is 1.69. The highest BCUT2D eigenvalue weighted by atomic mass is 32.1. The van der Waals surface area contributed by atoms with Crippen molar-refractivity contribution in [2.24, 2.45) is 0 Å². The summed E-state index contributed by atoms with van der Waals surface area (Å²) in [5.74, 6) is -0.401. The van der Waals surface area contributed by atoms with Crippen molar-refractivity contribution in [2.75, 3.05) is 6.61 Å². The van der Waals surface area contributed by atoms with Gasteiger partial charge in [-0.15, -0.1) is 0 Å². The number of halogens is 3. The number of hydrogen-bond donors (Lipinski definition) is 1. The van der Waals surface area contributed by atoms with Crippen LogP contribution in [0.2, 0.25) is 0 Å². The van der Waals surface area contributed by atoms with Crippen molar-refractivity contribution < 1.29 is 27.6 Å². The maximum atomic E-state index is 12.0. The van der Waals surface area contributed by atoms with Gasteiger partial charge in [0.2, 0.25) is 0 Å². The average molecular weight is 360 g/mol. The number of thiophene rings is 1. The van der Waals surface area contributed by atoms with E-state index in [1.54, 1.807) is 0 Å². The van der Waals surface area contributed by atoms with Crippen molar-refractivity contribution in [3.8, 4) is 5.75 Å². The lowest BCUT2D eigenvalue weighted by Gasteiger charge is -2.09. The third-order valence-corrected chi connectivity index (χ3v) is 3.81. The molecule has 0 saturated carbocycles. The van der Waals surface area contributed by atoms with Gasteiger partial charge in [-0.1, -0.05) is 23.5 Å². The Morgan fingerprint density at radius 1 is 1.21 bits per heavy atom. The van der Waals surface area contributed by atoms with Gasteiger partial charge in [0.25, 0.3) is 5.91 Å². The summed E-state index contributed by atoms with van der Waals surface area (Å²) >= 11 is 0.758. The van der Waals surface area contributed by atoms with E-state index in [0.29, 0.717) is 5.56 Å². The standard InChI is InChI=1S/C14H11F3N2O4S/c15-14(16,17)8-23-10-3-1-9(2-4-10)7-18-13(20)11-5-6-12(24-11)19(21)22/h1-6H,7-8H2,(H,18,20). The third-order valence-electron chi connectivity index (χ3n) is 2.77. The second kappa shape index (κ2) is 7.30. The lowest BCUT2D eigenvalue weighted by molar-refractivity contribution is -0.380. The number of benzene rings is 1. The molecule has 0 aliphatic carbocycles. The van der Waals surface area contributed by atoms with Crippen LogP contribution in [0.4, 0.5) is 18.2 Å². The molecule has 0 fully saturated rings. The van der Waals surface area contributed by atoms with Crippen molar-refractivity contribution in [3.63, 3.8) is 0 Å². The summed E-state index contributed by atoms with van der Waals surface area (Å²) in [7, 11) is 0. The van der Waals surface area contributed by atoms with Gasteiger partial charge in [0.15, 0.2) is 6.61 Å². The van der Waals surface area contributed by atoms with E-state index in [9.17, 15) is 28.1 Å². The molecule has 0 aliphatic rings. The molecule has 1 amide bonds. The number of carbonyl (C=O) groups is 1. The number of ether oxygens (including phenoxy) is 1. The van der Waals surface area contributed by atoms with Crippen molar-refractivity contribution in [2.45, 2.75) is 12.7 Å². The van der Waals surface area contributed by atoms with Gasteiger partial charge in [-0.2, -0.15) is 13.2 Å². The molecule has 2 rings (SSSR count). The molecule has 0 spiro atoms. The minimum atomic E-state index is -4.41. The highest BCUT2D eigenvalue weighted by molar-refractivity contribution is 7.17. The van der Waals surface area contributed by atoms with Crippen molar-refractivity contribution in [1.29, 1.82) is 0 Å². The van der Waals surface area contributed by atoms with Gasteiger partial charge in [0, 0.05) is 12.6 Å². The SMILES string of the molecule is O=C(NCc1ccc(OCC(F)(F)F)cc1)c1ccc([N+](=O)[O-])s1. The van der Waals surface area contributed by atoms with Gasteiger partial charge in [0.1, 0.15) is 5.75 Å². The van der Waals surface area contributed by atoms with E-state index in [1.165, 1.54) is 36.4 Å². The van der Waals surface area contributed by atoms with Gasteiger partial charge >= 0.3 is 11.2 Å². The molecule has 0 aliphatic heterocycles. The summed E-state index contributed by atoms with van der Waals surface area (Å²) in [5.41, 5.74) is 0.647. The van der Waals surface area contributed by atoms with Crippen LogP contribution >= 0.6 is 11.3 Å². The molecule has 6 nitrogen and oxygen atoms in total. The van der Waals surface area contributed by atoms with E-state index < -0.39 is 23.6 Å². The zero-order valence-corrected chi connectivity index (χ0v) is 12.8. The van der Waals surface area contributed by atoms with Crippen LogP contribution in [0.15, 0.2) is 36.4 Å². The number of amides is 1. The van der Waals surface area contributed by atoms with E-state index in [0.717, 1.165) is 11.3 Å². The minimum Gasteiger partial charge on any atom is -0.484 e. The Hall–Kier alpha value is -2.62. The quantitative estimate of drug-likeness (QED) is 0.631. The normalized spacial score (nSPS) is 11.1. The summed E-state index contributed by atoms with van der Waals surface area (Å²) < 4.78 is 40.7. The Balaban J connectivity index is 1.87. The molecular weight excluding hydrogens is 349 g/mol. The van der Waals surface area contributed by atoms with Crippen LogP contribution in [0.3, 0.4) is 0 Å². The third kappa shape index (κ3) is 5.23. The molecular formula is C14H11F3N2O4S. The molecule has 0 saturated heterocycles. The number of carbonyl (C=O) groups excluding carboxylic acids is 1. The summed E-state index contributed by atoms with van der Waals surface area (Å²) in [6.07, 6.45) is -4.41. The Morgan fingerprint density at radius 2 is 1.88 bits per heavy atom. The predicted octanol–water partition coefficient (Wildman–Crippen LogP) is 3.53.